The zero-order chi connectivity index (χ0) is 21.6. The first kappa shape index (κ1) is 20.1. The molecular formula is C21H25N5O4. The number of morpholine rings is 1. The van der Waals surface area contributed by atoms with Crippen LogP contribution in [-0.4, -0.2) is 50.8 Å². The molecule has 1 aliphatic rings. The van der Waals surface area contributed by atoms with Crippen LogP contribution in [0.2, 0.25) is 0 Å². The number of nitrogens with zero attached hydrogens (tertiary/aromatic N) is 5. The fraction of sp³-hybridized carbons (Fsp3) is 0.429. The molecule has 4 rings (SSSR count). The summed E-state index contributed by atoms with van der Waals surface area (Å²) >= 11 is 0. The maximum absolute atomic E-state index is 13.3. The van der Waals surface area contributed by atoms with E-state index in [2.05, 4.69) is 4.98 Å². The van der Waals surface area contributed by atoms with E-state index < -0.39 is 17.3 Å². The van der Waals surface area contributed by atoms with Gasteiger partial charge in [-0.15, -0.1) is 0 Å². The third-order valence-corrected chi connectivity index (χ3v) is 5.67. The SMILES string of the molecule is Cc1ccc(C(=O)[C@H](C)n2c(N3CCOCC3)nc3c2c(=O)n(C)c(=O)n3C)cc1. The van der Waals surface area contributed by atoms with Crippen LogP contribution in [0.3, 0.4) is 0 Å². The first-order valence-electron chi connectivity index (χ1n) is 9.92. The molecule has 0 amide bonds. The van der Waals surface area contributed by atoms with Gasteiger partial charge in [-0.05, 0) is 13.8 Å². The molecule has 0 aliphatic carbocycles. The van der Waals surface area contributed by atoms with Crippen molar-refractivity contribution in [3.63, 3.8) is 0 Å². The summed E-state index contributed by atoms with van der Waals surface area (Å²) in [5, 5.41) is 0. The highest BCUT2D eigenvalue weighted by Crippen LogP contribution is 2.27. The lowest BCUT2D eigenvalue weighted by Gasteiger charge is -2.29. The van der Waals surface area contributed by atoms with Crippen LogP contribution in [0.25, 0.3) is 11.2 Å². The number of carbonyl (C=O) groups is 1. The molecular weight excluding hydrogens is 386 g/mol. The van der Waals surface area contributed by atoms with Crippen molar-refractivity contribution in [3.8, 4) is 0 Å². The second-order valence-corrected chi connectivity index (χ2v) is 7.67. The number of imidazole rings is 1. The molecule has 1 fully saturated rings. The molecule has 1 saturated heterocycles. The number of benzene rings is 1. The van der Waals surface area contributed by atoms with Gasteiger partial charge in [0.05, 0.1) is 19.3 Å². The zero-order valence-corrected chi connectivity index (χ0v) is 17.6. The smallest absolute Gasteiger partial charge is 0.332 e. The van der Waals surface area contributed by atoms with Crippen LogP contribution < -0.4 is 16.1 Å². The number of ketones is 1. The van der Waals surface area contributed by atoms with Gasteiger partial charge >= 0.3 is 5.69 Å². The van der Waals surface area contributed by atoms with E-state index in [1.54, 1.807) is 30.7 Å². The number of carbonyl (C=O) groups excluding carboxylic acids is 1. The Kier molecular flexibility index (Phi) is 5.07. The largest absolute Gasteiger partial charge is 0.378 e. The van der Waals surface area contributed by atoms with Crippen LogP contribution in [-0.2, 0) is 18.8 Å². The van der Waals surface area contributed by atoms with Crippen LogP contribution in [0.4, 0.5) is 5.95 Å². The molecule has 1 atom stereocenters. The fourth-order valence-electron chi connectivity index (χ4n) is 3.83. The quantitative estimate of drug-likeness (QED) is 0.596. The number of rotatable bonds is 4. The highest BCUT2D eigenvalue weighted by Gasteiger charge is 2.29. The van der Waals surface area contributed by atoms with E-state index in [1.165, 1.54) is 11.6 Å². The van der Waals surface area contributed by atoms with Gasteiger partial charge in [0.1, 0.15) is 0 Å². The fourth-order valence-corrected chi connectivity index (χ4v) is 3.83. The van der Waals surface area contributed by atoms with Gasteiger partial charge in [-0.3, -0.25) is 23.3 Å². The average molecular weight is 411 g/mol. The minimum atomic E-state index is -0.680. The summed E-state index contributed by atoms with van der Waals surface area (Å²) in [6.07, 6.45) is 0. The summed E-state index contributed by atoms with van der Waals surface area (Å²) in [4.78, 5) is 45.4. The second-order valence-electron chi connectivity index (χ2n) is 7.67. The lowest BCUT2D eigenvalue weighted by molar-refractivity contribution is 0.0935. The Morgan fingerprint density at radius 1 is 1.07 bits per heavy atom. The van der Waals surface area contributed by atoms with E-state index in [4.69, 9.17) is 4.74 Å². The van der Waals surface area contributed by atoms with Crippen LogP contribution in [0.5, 0.6) is 0 Å². The van der Waals surface area contributed by atoms with Gasteiger partial charge < -0.3 is 9.64 Å². The average Bonchev–Trinajstić information content (AvgIpc) is 3.17. The van der Waals surface area contributed by atoms with Crippen molar-refractivity contribution in [3.05, 3.63) is 56.2 Å². The van der Waals surface area contributed by atoms with Crippen molar-refractivity contribution in [1.29, 1.82) is 0 Å². The molecule has 9 heteroatoms. The number of aryl methyl sites for hydroxylation is 2. The Morgan fingerprint density at radius 2 is 1.70 bits per heavy atom. The molecule has 2 aromatic heterocycles. The Bertz CT molecular complexity index is 1230. The summed E-state index contributed by atoms with van der Waals surface area (Å²) in [5.41, 5.74) is 1.21. The van der Waals surface area contributed by atoms with Gasteiger partial charge in [-0.2, -0.15) is 4.98 Å². The highest BCUT2D eigenvalue weighted by molar-refractivity contribution is 6.00. The summed E-state index contributed by atoms with van der Waals surface area (Å²) in [7, 11) is 3.01. The Balaban J connectivity index is 1.95. The van der Waals surface area contributed by atoms with Crippen molar-refractivity contribution >= 4 is 22.9 Å². The maximum Gasteiger partial charge on any atom is 0.332 e. The normalized spacial score (nSPS) is 15.5. The number of Topliss-reactive ketones (excluding diaryl/α,β-unsaturated/α-hetero) is 1. The summed E-state index contributed by atoms with van der Waals surface area (Å²) in [6.45, 7) is 5.95. The lowest BCUT2D eigenvalue weighted by atomic mass is 10.0. The van der Waals surface area contributed by atoms with Gasteiger partial charge in [0.15, 0.2) is 16.9 Å². The van der Waals surface area contributed by atoms with Crippen LogP contribution in [0.1, 0.15) is 28.9 Å². The van der Waals surface area contributed by atoms with Crippen LogP contribution in [0.15, 0.2) is 33.9 Å². The zero-order valence-electron chi connectivity index (χ0n) is 17.6. The first-order valence-corrected chi connectivity index (χ1v) is 9.92. The minimum absolute atomic E-state index is 0.125. The van der Waals surface area contributed by atoms with Gasteiger partial charge in [-0.25, -0.2) is 4.79 Å². The van der Waals surface area contributed by atoms with E-state index in [9.17, 15) is 14.4 Å². The molecule has 0 bridgehead atoms. The number of ether oxygens (including phenoxy) is 1. The predicted octanol–water partition coefficient (Wildman–Crippen LogP) is 1.02. The molecule has 1 aromatic carbocycles. The van der Waals surface area contributed by atoms with E-state index in [0.717, 1.165) is 10.1 Å². The molecule has 30 heavy (non-hydrogen) atoms. The van der Waals surface area contributed by atoms with E-state index in [0.29, 0.717) is 37.8 Å². The first-order chi connectivity index (χ1) is 14.3. The summed E-state index contributed by atoms with van der Waals surface area (Å²) in [5.74, 6) is 0.374. The second kappa shape index (κ2) is 7.56. The third-order valence-electron chi connectivity index (χ3n) is 5.67. The Hall–Kier alpha value is -3.20. The van der Waals surface area contributed by atoms with Crippen LogP contribution in [0, 0.1) is 6.92 Å². The molecule has 0 saturated carbocycles. The molecule has 0 unspecified atom stereocenters. The Labute approximate surface area is 173 Å². The third kappa shape index (κ3) is 3.15. The molecule has 1 aliphatic heterocycles. The molecule has 0 radical (unpaired) electrons. The molecule has 158 valence electrons. The van der Waals surface area contributed by atoms with Crippen molar-refractivity contribution in [2.24, 2.45) is 14.1 Å². The van der Waals surface area contributed by atoms with Crippen LogP contribution >= 0.6 is 0 Å². The molecule has 0 spiro atoms. The van der Waals surface area contributed by atoms with Crippen molar-refractivity contribution in [2.75, 3.05) is 31.2 Å². The topological polar surface area (TPSA) is 91.4 Å². The number of hydrogen-bond donors (Lipinski definition) is 0. The highest BCUT2D eigenvalue weighted by atomic mass is 16.5. The number of fused-ring (bicyclic) bond motifs is 1. The van der Waals surface area contributed by atoms with Gasteiger partial charge in [0.25, 0.3) is 5.56 Å². The predicted molar refractivity (Wildman–Crippen MR) is 113 cm³/mol. The van der Waals surface area contributed by atoms with Crippen molar-refractivity contribution in [1.82, 2.24) is 18.7 Å². The number of aromatic nitrogens is 4. The van der Waals surface area contributed by atoms with E-state index in [-0.39, 0.29) is 16.9 Å². The molecule has 3 heterocycles. The van der Waals surface area contributed by atoms with Crippen molar-refractivity contribution < 1.29 is 9.53 Å². The summed E-state index contributed by atoms with van der Waals surface area (Å²) in [6, 6.07) is 6.67. The molecule has 9 nitrogen and oxygen atoms in total. The summed E-state index contributed by atoms with van der Waals surface area (Å²) < 4.78 is 9.51. The van der Waals surface area contributed by atoms with E-state index in [1.807, 2.05) is 24.0 Å². The monoisotopic (exact) mass is 411 g/mol. The lowest BCUT2D eigenvalue weighted by Crippen LogP contribution is -2.39. The van der Waals surface area contributed by atoms with Gasteiger partial charge in [0, 0.05) is 32.7 Å². The number of anilines is 1. The van der Waals surface area contributed by atoms with E-state index >= 15 is 0 Å². The maximum atomic E-state index is 13.3. The Morgan fingerprint density at radius 3 is 2.33 bits per heavy atom. The number of hydrogen-bond acceptors (Lipinski definition) is 6. The standard InChI is InChI=1S/C21H25N5O4/c1-13-5-7-15(8-6-13)17(27)14(2)26-16-18(23(3)21(29)24(4)19(16)28)22-20(26)25-9-11-30-12-10-25/h5-8,14H,9-12H2,1-4H3/t14-/m0/s1. The molecule has 0 N–H and O–H groups in total. The minimum Gasteiger partial charge on any atom is -0.378 e. The van der Waals surface area contributed by atoms with Gasteiger partial charge in [0.2, 0.25) is 5.95 Å². The van der Waals surface area contributed by atoms with Crippen molar-refractivity contribution in [2.45, 2.75) is 19.9 Å². The van der Waals surface area contributed by atoms with Gasteiger partial charge in [-0.1, -0.05) is 29.8 Å². The molecule has 3 aromatic rings.